The smallest absolute Gasteiger partial charge is 0.251 e. The van der Waals surface area contributed by atoms with E-state index in [9.17, 15) is 4.79 Å². The maximum absolute atomic E-state index is 12.1. The van der Waals surface area contributed by atoms with Crippen molar-refractivity contribution in [3.8, 4) is 0 Å². The number of rotatable bonds is 5. The molecule has 4 N–H and O–H groups in total. The molecule has 0 radical (unpaired) electrons. The average molecular weight is 248 g/mol. The fraction of sp³-hybridized carbons (Fsp3) is 0.538. The largest absolute Gasteiger partial charge is 0.347 e. The Bertz CT molecular complexity index is 454. The predicted molar refractivity (Wildman–Crippen MR) is 71.1 cm³/mol. The number of carbonyl (C=O) groups is 1. The molecule has 0 atom stereocenters. The molecule has 1 amide bonds. The van der Waals surface area contributed by atoms with Crippen molar-refractivity contribution in [2.45, 2.75) is 45.1 Å². The number of carbonyl (C=O) groups excluding carboxylic acids is 1. The molecule has 0 aliphatic heterocycles. The van der Waals surface area contributed by atoms with Gasteiger partial charge in [-0.2, -0.15) is 0 Å². The molecular formula is C13H20N4O. The van der Waals surface area contributed by atoms with E-state index in [0.29, 0.717) is 11.4 Å². The molecule has 1 aromatic heterocycles. The van der Waals surface area contributed by atoms with Gasteiger partial charge in [0.15, 0.2) is 0 Å². The Hall–Kier alpha value is -1.62. The number of anilines is 1. The fourth-order valence-electron chi connectivity index (χ4n) is 1.84. The molecule has 1 aromatic rings. The van der Waals surface area contributed by atoms with Crippen molar-refractivity contribution in [1.29, 1.82) is 0 Å². The number of nitrogens with one attached hydrogen (secondary N) is 2. The Balaban J connectivity index is 2.19. The van der Waals surface area contributed by atoms with Crippen molar-refractivity contribution in [2.24, 2.45) is 5.84 Å². The second kappa shape index (κ2) is 4.94. The molecule has 1 fully saturated rings. The highest BCUT2D eigenvalue weighted by Crippen LogP contribution is 2.34. The van der Waals surface area contributed by atoms with Crippen LogP contribution in [0.15, 0.2) is 12.1 Å². The van der Waals surface area contributed by atoms with Gasteiger partial charge in [-0.1, -0.05) is 13.3 Å². The molecule has 1 aliphatic rings. The summed E-state index contributed by atoms with van der Waals surface area (Å²) in [6, 6.07) is 3.52. The molecule has 0 spiro atoms. The molecule has 0 unspecified atom stereocenters. The van der Waals surface area contributed by atoms with Crippen molar-refractivity contribution >= 4 is 11.7 Å². The molecule has 0 saturated heterocycles. The number of hydrogen-bond acceptors (Lipinski definition) is 4. The van der Waals surface area contributed by atoms with Crippen molar-refractivity contribution < 1.29 is 4.79 Å². The number of nitrogens with zero attached hydrogens (tertiary/aromatic N) is 1. The lowest BCUT2D eigenvalue weighted by Crippen LogP contribution is -2.34. The Morgan fingerprint density at radius 1 is 1.50 bits per heavy atom. The van der Waals surface area contributed by atoms with E-state index >= 15 is 0 Å². The summed E-state index contributed by atoms with van der Waals surface area (Å²) in [6.45, 7) is 4.14. The normalized spacial score (nSPS) is 16.2. The van der Waals surface area contributed by atoms with Gasteiger partial charge >= 0.3 is 0 Å². The van der Waals surface area contributed by atoms with Crippen LogP contribution in [0.5, 0.6) is 0 Å². The van der Waals surface area contributed by atoms with Gasteiger partial charge in [-0.25, -0.2) is 10.8 Å². The number of hydrazine groups is 1. The summed E-state index contributed by atoms with van der Waals surface area (Å²) in [6.07, 6.45) is 3.92. The third-order valence-corrected chi connectivity index (χ3v) is 3.21. The number of amides is 1. The van der Waals surface area contributed by atoms with Gasteiger partial charge < -0.3 is 10.7 Å². The third-order valence-electron chi connectivity index (χ3n) is 3.21. The lowest BCUT2D eigenvalue weighted by atomic mass is 10.1. The molecule has 0 bridgehead atoms. The zero-order valence-corrected chi connectivity index (χ0v) is 10.9. The maximum Gasteiger partial charge on any atom is 0.251 e. The molecule has 18 heavy (non-hydrogen) atoms. The molecule has 5 nitrogen and oxygen atoms in total. The van der Waals surface area contributed by atoms with E-state index in [0.717, 1.165) is 31.4 Å². The van der Waals surface area contributed by atoms with Crippen LogP contribution in [-0.4, -0.2) is 16.4 Å². The summed E-state index contributed by atoms with van der Waals surface area (Å²) < 4.78 is 0. The van der Waals surface area contributed by atoms with E-state index < -0.39 is 0 Å². The van der Waals surface area contributed by atoms with Gasteiger partial charge in [0.05, 0.1) is 0 Å². The number of aryl methyl sites for hydroxylation is 1. The summed E-state index contributed by atoms with van der Waals surface area (Å²) in [4.78, 5) is 16.4. The summed E-state index contributed by atoms with van der Waals surface area (Å²) >= 11 is 0. The van der Waals surface area contributed by atoms with Gasteiger partial charge in [0, 0.05) is 16.8 Å². The molecule has 1 aliphatic carbocycles. The quantitative estimate of drug-likeness (QED) is 0.546. The summed E-state index contributed by atoms with van der Waals surface area (Å²) in [5, 5.41) is 3.03. The predicted octanol–water partition coefficient (Wildman–Crippen LogP) is 1.60. The van der Waals surface area contributed by atoms with Crippen molar-refractivity contribution in [3.05, 3.63) is 23.4 Å². The third kappa shape index (κ3) is 2.98. The molecule has 1 saturated carbocycles. The lowest BCUT2D eigenvalue weighted by Gasteiger charge is -2.13. The number of pyridine rings is 1. The summed E-state index contributed by atoms with van der Waals surface area (Å²) in [7, 11) is 0. The Kier molecular flexibility index (Phi) is 3.52. The second-order valence-electron chi connectivity index (χ2n) is 5.14. The van der Waals surface area contributed by atoms with Crippen LogP contribution in [-0.2, 0) is 6.42 Å². The van der Waals surface area contributed by atoms with E-state index in [4.69, 9.17) is 5.84 Å². The molecule has 5 heteroatoms. The fourth-order valence-corrected chi connectivity index (χ4v) is 1.84. The highest BCUT2D eigenvalue weighted by molar-refractivity contribution is 5.95. The number of nitrogens with two attached hydrogens (primary N) is 1. The van der Waals surface area contributed by atoms with Crippen LogP contribution in [0.4, 0.5) is 5.82 Å². The van der Waals surface area contributed by atoms with Gasteiger partial charge in [-0.3, -0.25) is 4.79 Å². The summed E-state index contributed by atoms with van der Waals surface area (Å²) in [5.41, 5.74) is 4.00. The standard InChI is InChI=1S/C13H20N4O/c1-3-4-10-7-9(8-11(15-10)17-14)12(18)16-13(2)5-6-13/h7-8H,3-6,14H2,1-2H3,(H,15,17)(H,16,18). The number of hydrogen-bond donors (Lipinski definition) is 3. The van der Waals surface area contributed by atoms with Gasteiger partial charge in [0.25, 0.3) is 5.91 Å². The van der Waals surface area contributed by atoms with E-state index in [1.165, 1.54) is 0 Å². The Labute approximate surface area is 107 Å². The van der Waals surface area contributed by atoms with Crippen LogP contribution in [0.25, 0.3) is 0 Å². The molecule has 98 valence electrons. The monoisotopic (exact) mass is 248 g/mol. The topological polar surface area (TPSA) is 80.0 Å². The van der Waals surface area contributed by atoms with Crippen LogP contribution in [0, 0.1) is 0 Å². The first kappa shape index (κ1) is 12.8. The van der Waals surface area contributed by atoms with Gasteiger partial charge in [-0.05, 0) is 38.3 Å². The van der Waals surface area contributed by atoms with E-state index in [1.807, 2.05) is 6.07 Å². The van der Waals surface area contributed by atoms with Crippen molar-refractivity contribution in [3.63, 3.8) is 0 Å². The second-order valence-corrected chi connectivity index (χ2v) is 5.14. The van der Waals surface area contributed by atoms with E-state index in [1.54, 1.807) is 6.07 Å². The SMILES string of the molecule is CCCc1cc(C(=O)NC2(C)CC2)cc(NN)n1. The molecule has 1 heterocycles. The molecular weight excluding hydrogens is 228 g/mol. The highest BCUT2D eigenvalue weighted by atomic mass is 16.1. The zero-order valence-electron chi connectivity index (χ0n) is 10.9. The Morgan fingerprint density at radius 2 is 2.22 bits per heavy atom. The van der Waals surface area contributed by atoms with Crippen LogP contribution in [0.2, 0.25) is 0 Å². The van der Waals surface area contributed by atoms with Gasteiger partial charge in [-0.15, -0.1) is 0 Å². The first-order valence-electron chi connectivity index (χ1n) is 6.36. The van der Waals surface area contributed by atoms with Crippen molar-refractivity contribution in [1.82, 2.24) is 10.3 Å². The van der Waals surface area contributed by atoms with Gasteiger partial charge in [0.1, 0.15) is 5.82 Å². The van der Waals surface area contributed by atoms with E-state index in [-0.39, 0.29) is 11.4 Å². The highest BCUT2D eigenvalue weighted by Gasteiger charge is 2.38. The van der Waals surface area contributed by atoms with Crippen LogP contribution in [0.1, 0.15) is 49.2 Å². The van der Waals surface area contributed by atoms with Crippen LogP contribution < -0.4 is 16.6 Å². The molecule has 0 aromatic carbocycles. The van der Waals surface area contributed by atoms with Crippen LogP contribution >= 0.6 is 0 Å². The maximum atomic E-state index is 12.1. The van der Waals surface area contributed by atoms with Crippen molar-refractivity contribution in [2.75, 3.05) is 5.43 Å². The first-order chi connectivity index (χ1) is 8.56. The average Bonchev–Trinajstić information content (AvgIpc) is 3.06. The number of aromatic nitrogens is 1. The summed E-state index contributed by atoms with van der Waals surface area (Å²) in [5.74, 6) is 5.86. The zero-order chi connectivity index (χ0) is 13.2. The lowest BCUT2D eigenvalue weighted by molar-refractivity contribution is 0.0935. The minimum atomic E-state index is -0.0498. The minimum Gasteiger partial charge on any atom is -0.347 e. The minimum absolute atomic E-state index is 0.0123. The van der Waals surface area contributed by atoms with E-state index in [2.05, 4.69) is 29.6 Å². The first-order valence-corrected chi connectivity index (χ1v) is 6.36. The van der Waals surface area contributed by atoms with Crippen LogP contribution in [0.3, 0.4) is 0 Å². The number of nitrogen functional groups attached to an aromatic ring is 1. The van der Waals surface area contributed by atoms with Gasteiger partial charge in [0.2, 0.25) is 0 Å². The molecule has 2 rings (SSSR count). The Morgan fingerprint density at radius 3 is 2.78 bits per heavy atom.